The molecule has 25 heavy (non-hydrogen) atoms. The Morgan fingerprint density at radius 2 is 1.72 bits per heavy atom. The smallest absolute Gasteiger partial charge is 0.869 e. The Morgan fingerprint density at radius 3 is 2.32 bits per heavy atom. The Labute approximate surface area is 191 Å². The number of hydrogen-bond donors (Lipinski definition) is 1. The summed E-state index contributed by atoms with van der Waals surface area (Å²) in [6.45, 7) is 2.17. The average molecular weight is 389 g/mol. The van der Waals surface area contributed by atoms with Crippen LogP contribution < -0.4 is 61.2 Å². The van der Waals surface area contributed by atoms with Gasteiger partial charge in [0, 0.05) is 0 Å². The van der Waals surface area contributed by atoms with Crippen LogP contribution in [0.5, 0.6) is 17.2 Å². The van der Waals surface area contributed by atoms with E-state index in [9.17, 15) is 13.5 Å². The normalized spacial score (nSPS) is 11.0. The maximum Gasteiger partial charge on any atom is 1.00 e. The molecule has 1 N–H and O–H groups in total. The van der Waals surface area contributed by atoms with Crippen LogP contribution in [0.3, 0.4) is 0 Å². The summed E-state index contributed by atoms with van der Waals surface area (Å²) >= 11 is 0. The number of benzene rings is 2. The molecule has 0 fully saturated rings. The maximum absolute atomic E-state index is 12.0. The average Bonchev–Trinajstić information content (AvgIpc) is 2.54. The quantitative estimate of drug-likeness (QED) is 0.413. The third-order valence-corrected chi connectivity index (χ3v) is 4.57. The van der Waals surface area contributed by atoms with E-state index in [1.54, 1.807) is 12.1 Å². The van der Waals surface area contributed by atoms with Gasteiger partial charge in [0.2, 0.25) is 0 Å². The molecule has 2 rings (SSSR count). The SMILES string of the molecule is CCCCCCc1ccc(Oc2cccc(S(=O)(=O)O)c2[O-])cc1.[K+]. The van der Waals surface area contributed by atoms with Crippen LogP contribution >= 0.6 is 0 Å². The number of unbranched alkanes of at least 4 members (excludes halogenated alkanes) is 3. The third kappa shape index (κ3) is 7.01. The van der Waals surface area contributed by atoms with Crippen molar-refractivity contribution in [2.24, 2.45) is 0 Å². The first-order chi connectivity index (χ1) is 11.4. The summed E-state index contributed by atoms with van der Waals surface area (Å²) in [6, 6.07) is 11.1. The third-order valence-electron chi connectivity index (χ3n) is 3.69. The predicted octanol–water partition coefficient (Wildman–Crippen LogP) is 0.926. The van der Waals surface area contributed by atoms with Gasteiger partial charge in [-0.1, -0.05) is 44.4 Å². The molecule has 0 radical (unpaired) electrons. The van der Waals surface area contributed by atoms with Gasteiger partial charge in [0.05, 0.1) is 4.90 Å². The standard InChI is InChI=1S/C18H22O5S.K/c1-2-3-4-5-7-14-10-12-15(13-11-14)23-16-8-6-9-17(18(16)19)24(20,21)22;/h6,8-13,19H,2-5,7H2,1H3,(H,20,21,22);/q;+1/p-1. The van der Waals surface area contributed by atoms with Crippen molar-refractivity contribution >= 4 is 10.1 Å². The summed E-state index contributed by atoms with van der Waals surface area (Å²) in [4.78, 5) is -0.687. The van der Waals surface area contributed by atoms with E-state index in [1.807, 2.05) is 12.1 Å². The minimum atomic E-state index is -4.56. The molecule has 0 unspecified atom stereocenters. The van der Waals surface area contributed by atoms with Gasteiger partial charge in [0.25, 0.3) is 10.1 Å². The summed E-state index contributed by atoms with van der Waals surface area (Å²) in [5.74, 6) is -0.554. The van der Waals surface area contributed by atoms with Gasteiger partial charge < -0.3 is 9.84 Å². The van der Waals surface area contributed by atoms with Crippen LogP contribution in [0.25, 0.3) is 0 Å². The second-order valence-corrected chi connectivity index (χ2v) is 7.01. The first-order valence-corrected chi connectivity index (χ1v) is 9.40. The van der Waals surface area contributed by atoms with Crippen LogP contribution in [-0.4, -0.2) is 13.0 Å². The topological polar surface area (TPSA) is 86.7 Å². The van der Waals surface area contributed by atoms with Gasteiger partial charge in [0.15, 0.2) is 0 Å². The summed E-state index contributed by atoms with van der Waals surface area (Å²) in [6.07, 6.45) is 5.77. The van der Waals surface area contributed by atoms with E-state index in [0.29, 0.717) is 5.75 Å². The van der Waals surface area contributed by atoms with E-state index in [-0.39, 0.29) is 57.1 Å². The Kier molecular flexibility index (Phi) is 9.65. The van der Waals surface area contributed by atoms with E-state index < -0.39 is 20.8 Å². The molecule has 7 heteroatoms. The molecule has 0 spiro atoms. The van der Waals surface area contributed by atoms with Gasteiger partial charge in [-0.15, -0.1) is 0 Å². The number of hydrogen-bond acceptors (Lipinski definition) is 4. The van der Waals surface area contributed by atoms with E-state index >= 15 is 0 Å². The van der Waals surface area contributed by atoms with E-state index in [0.717, 1.165) is 18.9 Å². The summed E-state index contributed by atoms with van der Waals surface area (Å²) in [5, 5.41) is 12.0. The first-order valence-electron chi connectivity index (χ1n) is 7.96. The molecular formula is C18H21KO5S. The molecule has 0 heterocycles. The van der Waals surface area contributed by atoms with Crippen LogP contribution in [0.15, 0.2) is 47.4 Å². The fraction of sp³-hybridized carbons (Fsp3) is 0.333. The Bertz CT molecular complexity index is 773. The Hall–Kier alpha value is -0.414. The molecule has 0 aliphatic rings. The van der Waals surface area contributed by atoms with E-state index in [4.69, 9.17) is 9.29 Å². The van der Waals surface area contributed by atoms with Crippen molar-refractivity contribution in [3.8, 4) is 17.2 Å². The first kappa shape index (κ1) is 22.6. The molecule has 2 aromatic carbocycles. The van der Waals surface area contributed by atoms with E-state index in [2.05, 4.69) is 6.92 Å². The molecule has 0 bridgehead atoms. The number of aryl methyl sites for hydroxylation is 1. The van der Waals surface area contributed by atoms with Crippen LogP contribution in [0, 0.1) is 0 Å². The monoisotopic (exact) mass is 388 g/mol. The molecule has 0 saturated carbocycles. The zero-order valence-electron chi connectivity index (χ0n) is 14.6. The minimum absolute atomic E-state index is 0. The maximum atomic E-state index is 12.0. The molecule has 0 aromatic heterocycles. The number of rotatable bonds is 8. The molecule has 0 amide bonds. The zero-order chi connectivity index (χ0) is 17.6. The van der Waals surface area contributed by atoms with Gasteiger partial charge in [-0.2, -0.15) is 8.42 Å². The van der Waals surface area contributed by atoms with Gasteiger partial charge in [0.1, 0.15) is 11.5 Å². The van der Waals surface area contributed by atoms with Crippen molar-refractivity contribution in [2.75, 3.05) is 0 Å². The van der Waals surface area contributed by atoms with E-state index in [1.165, 1.54) is 37.0 Å². The van der Waals surface area contributed by atoms with Crippen LogP contribution in [0.1, 0.15) is 38.2 Å². The Morgan fingerprint density at radius 1 is 1.04 bits per heavy atom. The number of para-hydroxylation sites is 1. The molecule has 130 valence electrons. The zero-order valence-corrected chi connectivity index (χ0v) is 18.5. The fourth-order valence-corrected chi connectivity index (χ4v) is 2.97. The molecule has 0 aliphatic carbocycles. The van der Waals surface area contributed by atoms with Gasteiger partial charge in [-0.25, -0.2) is 0 Å². The second kappa shape index (κ2) is 10.7. The van der Waals surface area contributed by atoms with Crippen LogP contribution in [-0.2, 0) is 16.5 Å². The molecule has 0 atom stereocenters. The molecule has 2 aromatic rings. The molecule has 5 nitrogen and oxygen atoms in total. The van der Waals surface area contributed by atoms with Crippen LogP contribution in [0.4, 0.5) is 0 Å². The van der Waals surface area contributed by atoms with Crippen molar-refractivity contribution < 1.29 is 74.2 Å². The van der Waals surface area contributed by atoms with Crippen molar-refractivity contribution in [1.29, 1.82) is 0 Å². The van der Waals surface area contributed by atoms with Crippen molar-refractivity contribution in [3.63, 3.8) is 0 Å². The van der Waals surface area contributed by atoms with Crippen molar-refractivity contribution in [2.45, 2.75) is 43.9 Å². The molecule has 0 aliphatic heterocycles. The predicted molar refractivity (Wildman–Crippen MR) is 90.1 cm³/mol. The minimum Gasteiger partial charge on any atom is -0.869 e. The molecular weight excluding hydrogens is 367 g/mol. The molecule has 0 saturated heterocycles. The summed E-state index contributed by atoms with van der Waals surface area (Å²) in [5.41, 5.74) is 1.19. The largest absolute Gasteiger partial charge is 1.00 e. The summed E-state index contributed by atoms with van der Waals surface area (Å²) < 4.78 is 36.8. The van der Waals surface area contributed by atoms with Crippen molar-refractivity contribution in [3.05, 3.63) is 48.0 Å². The van der Waals surface area contributed by atoms with Gasteiger partial charge in [-0.3, -0.25) is 4.55 Å². The summed E-state index contributed by atoms with van der Waals surface area (Å²) in [7, 11) is -4.56. The van der Waals surface area contributed by atoms with Gasteiger partial charge in [-0.05, 0) is 48.4 Å². The second-order valence-electron chi connectivity index (χ2n) is 5.62. The van der Waals surface area contributed by atoms with Crippen molar-refractivity contribution in [1.82, 2.24) is 0 Å². The van der Waals surface area contributed by atoms with Gasteiger partial charge >= 0.3 is 51.4 Å². The van der Waals surface area contributed by atoms with Crippen LogP contribution in [0.2, 0.25) is 0 Å². The Balaban J connectivity index is 0.00000312. The fourth-order valence-electron chi connectivity index (χ4n) is 2.39. The number of ether oxygens (including phenoxy) is 1.